The largest absolute Gasteiger partial charge is 0.410 e. The number of benzene rings is 1. The summed E-state index contributed by atoms with van der Waals surface area (Å²) >= 11 is 1.45. The quantitative estimate of drug-likeness (QED) is 0.832. The molecule has 2 rings (SSSR count). The van der Waals surface area contributed by atoms with Crippen molar-refractivity contribution in [2.45, 2.75) is 37.3 Å². The molecule has 0 spiro atoms. The van der Waals surface area contributed by atoms with E-state index in [4.69, 9.17) is 4.42 Å². The molecular formula is C14H19FN3OS+. The molecule has 20 heavy (non-hydrogen) atoms. The van der Waals surface area contributed by atoms with E-state index in [1.807, 2.05) is 0 Å². The summed E-state index contributed by atoms with van der Waals surface area (Å²) in [6.45, 7) is 4.23. The third kappa shape index (κ3) is 3.80. The molecule has 0 amide bonds. The number of rotatable bonds is 6. The summed E-state index contributed by atoms with van der Waals surface area (Å²) in [4.78, 5) is 0. The van der Waals surface area contributed by atoms with E-state index in [0.29, 0.717) is 22.8 Å². The molecule has 1 aromatic carbocycles. The van der Waals surface area contributed by atoms with Crippen LogP contribution in [0.5, 0.6) is 0 Å². The van der Waals surface area contributed by atoms with Crippen LogP contribution >= 0.6 is 11.8 Å². The van der Waals surface area contributed by atoms with Crippen LogP contribution < -0.4 is 5.73 Å². The van der Waals surface area contributed by atoms with E-state index in [1.165, 1.54) is 23.9 Å². The molecule has 1 aromatic heterocycles. The van der Waals surface area contributed by atoms with Gasteiger partial charge in [0.25, 0.3) is 11.1 Å². The van der Waals surface area contributed by atoms with Crippen LogP contribution in [0.1, 0.15) is 37.8 Å². The van der Waals surface area contributed by atoms with E-state index in [1.54, 1.807) is 12.1 Å². The standard InChI is InChI=1S/C14H18FN3OS/c1-3-9(2)12(16)13-17-18-14(19-13)20-8-10-4-6-11(15)7-5-10/h4-7,9,12H,3,8,16H2,1-2H3/p+1/t9-,12-/m0/s1. The van der Waals surface area contributed by atoms with Gasteiger partial charge in [0.15, 0.2) is 6.04 Å². The lowest BCUT2D eigenvalue weighted by atomic mass is 10.0. The van der Waals surface area contributed by atoms with Gasteiger partial charge in [0, 0.05) is 11.7 Å². The first-order valence-corrected chi connectivity index (χ1v) is 7.62. The second-order valence-corrected chi connectivity index (χ2v) is 5.74. The Hall–Kier alpha value is -1.40. The van der Waals surface area contributed by atoms with Gasteiger partial charge in [0.2, 0.25) is 0 Å². The first-order valence-electron chi connectivity index (χ1n) is 6.64. The molecule has 4 nitrogen and oxygen atoms in total. The van der Waals surface area contributed by atoms with Gasteiger partial charge in [-0.2, -0.15) is 0 Å². The number of quaternary nitrogens is 1. The molecule has 0 saturated carbocycles. The fourth-order valence-corrected chi connectivity index (χ4v) is 2.41. The second kappa shape index (κ2) is 6.85. The number of aromatic nitrogens is 2. The minimum absolute atomic E-state index is 0.0210. The van der Waals surface area contributed by atoms with Crippen LogP contribution in [0.4, 0.5) is 4.39 Å². The molecule has 0 bridgehead atoms. The van der Waals surface area contributed by atoms with Crippen LogP contribution in [-0.4, -0.2) is 10.2 Å². The molecule has 0 aliphatic rings. The van der Waals surface area contributed by atoms with Crippen molar-refractivity contribution in [2.24, 2.45) is 5.92 Å². The number of thioether (sulfide) groups is 1. The van der Waals surface area contributed by atoms with Gasteiger partial charge in [-0.25, -0.2) is 4.39 Å². The summed E-state index contributed by atoms with van der Waals surface area (Å²) in [5.41, 5.74) is 5.09. The maximum absolute atomic E-state index is 12.8. The SMILES string of the molecule is CC[C@H](C)[C@H]([NH3+])c1nnc(SCc2ccc(F)cc2)o1. The lowest BCUT2D eigenvalue weighted by Gasteiger charge is -2.09. The van der Waals surface area contributed by atoms with Gasteiger partial charge < -0.3 is 10.2 Å². The van der Waals surface area contributed by atoms with E-state index < -0.39 is 0 Å². The third-order valence-corrected chi connectivity index (χ3v) is 4.24. The van der Waals surface area contributed by atoms with Crippen LogP contribution in [0.15, 0.2) is 33.9 Å². The number of hydrogen-bond donors (Lipinski definition) is 1. The Bertz CT molecular complexity index is 544. The normalized spacial score (nSPS) is 14.2. The Labute approximate surface area is 122 Å². The topological polar surface area (TPSA) is 66.6 Å². The van der Waals surface area contributed by atoms with Crippen LogP contribution in [-0.2, 0) is 5.75 Å². The van der Waals surface area contributed by atoms with Crippen molar-refractivity contribution >= 4 is 11.8 Å². The van der Waals surface area contributed by atoms with Gasteiger partial charge >= 0.3 is 0 Å². The minimum Gasteiger partial charge on any atom is -0.410 e. The van der Waals surface area contributed by atoms with Crippen molar-refractivity contribution in [1.82, 2.24) is 10.2 Å². The average molecular weight is 296 g/mol. The highest BCUT2D eigenvalue weighted by atomic mass is 32.2. The summed E-state index contributed by atoms with van der Waals surface area (Å²) in [5, 5.41) is 8.60. The van der Waals surface area contributed by atoms with E-state index in [-0.39, 0.29) is 11.9 Å². The Balaban J connectivity index is 1.94. The molecule has 108 valence electrons. The fraction of sp³-hybridized carbons (Fsp3) is 0.429. The Kier molecular flexibility index (Phi) is 5.14. The first kappa shape index (κ1) is 15.0. The van der Waals surface area contributed by atoms with Gasteiger partial charge in [-0.3, -0.25) is 0 Å². The van der Waals surface area contributed by atoms with E-state index >= 15 is 0 Å². The lowest BCUT2D eigenvalue weighted by molar-refractivity contribution is -0.444. The third-order valence-electron chi connectivity index (χ3n) is 3.35. The van der Waals surface area contributed by atoms with Crippen molar-refractivity contribution in [3.63, 3.8) is 0 Å². The smallest absolute Gasteiger partial charge is 0.277 e. The van der Waals surface area contributed by atoms with Crippen molar-refractivity contribution in [2.75, 3.05) is 0 Å². The van der Waals surface area contributed by atoms with Crippen molar-refractivity contribution in [3.8, 4) is 0 Å². The zero-order chi connectivity index (χ0) is 14.5. The van der Waals surface area contributed by atoms with Gasteiger partial charge in [0.1, 0.15) is 5.82 Å². The molecule has 0 aliphatic carbocycles. The zero-order valence-electron chi connectivity index (χ0n) is 11.7. The molecule has 2 atom stereocenters. The molecule has 0 unspecified atom stereocenters. The van der Waals surface area contributed by atoms with Gasteiger partial charge in [-0.15, -0.1) is 10.2 Å². The van der Waals surface area contributed by atoms with Crippen LogP contribution in [0.2, 0.25) is 0 Å². The van der Waals surface area contributed by atoms with Crippen LogP contribution in [0.25, 0.3) is 0 Å². The minimum atomic E-state index is -0.229. The van der Waals surface area contributed by atoms with Crippen molar-refractivity contribution in [3.05, 3.63) is 41.5 Å². The van der Waals surface area contributed by atoms with Gasteiger partial charge in [0.05, 0.1) is 0 Å². The van der Waals surface area contributed by atoms with Crippen molar-refractivity contribution in [1.29, 1.82) is 0 Å². The molecule has 6 heteroatoms. The Morgan fingerprint density at radius 2 is 2.00 bits per heavy atom. The summed E-state index contributed by atoms with van der Waals surface area (Å²) in [7, 11) is 0. The fourth-order valence-electron chi connectivity index (χ4n) is 1.68. The highest BCUT2D eigenvalue weighted by molar-refractivity contribution is 7.98. The monoisotopic (exact) mass is 296 g/mol. The highest BCUT2D eigenvalue weighted by Crippen LogP contribution is 2.25. The Morgan fingerprint density at radius 3 is 2.65 bits per heavy atom. The molecule has 1 heterocycles. The van der Waals surface area contributed by atoms with E-state index in [0.717, 1.165) is 12.0 Å². The predicted octanol–water partition coefficient (Wildman–Crippen LogP) is 2.83. The molecule has 2 aromatic rings. The maximum atomic E-state index is 12.8. The Morgan fingerprint density at radius 1 is 1.30 bits per heavy atom. The van der Waals surface area contributed by atoms with Crippen LogP contribution in [0.3, 0.4) is 0 Å². The maximum Gasteiger partial charge on any atom is 0.277 e. The molecule has 3 N–H and O–H groups in total. The highest BCUT2D eigenvalue weighted by Gasteiger charge is 2.23. The first-order chi connectivity index (χ1) is 9.60. The van der Waals surface area contributed by atoms with E-state index in [9.17, 15) is 4.39 Å². The molecule has 0 fully saturated rings. The summed E-state index contributed by atoms with van der Waals surface area (Å²) in [5.74, 6) is 1.44. The lowest BCUT2D eigenvalue weighted by Crippen LogP contribution is -2.56. The molecule has 0 radical (unpaired) electrons. The second-order valence-electron chi connectivity index (χ2n) is 4.81. The molecule has 0 aliphatic heterocycles. The molecule has 0 saturated heterocycles. The summed E-state index contributed by atoms with van der Waals surface area (Å²) in [6.07, 6.45) is 1.02. The van der Waals surface area contributed by atoms with E-state index in [2.05, 4.69) is 29.8 Å². The number of hydrogen-bond acceptors (Lipinski definition) is 4. The zero-order valence-corrected chi connectivity index (χ0v) is 12.5. The number of halogens is 1. The van der Waals surface area contributed by atoms with Crippen molar-refractivity contribution < 1.29 is 14.5 Å². The summed E-state index contributed by atoms with van der Waals surface area (Å²) in [6, 6.07) is 6.42. The van der Waals surface area contributed by atoms with Gasteiger partial charge in [-0.05, 0) is 24.1 Å². The van der Waals surface area contributed by atoms with Gasteiger partial charge in [-0.1, -0.05) is 37.7 Å². The number of nitrogens with zero attached hydrogens (tertiary/aromatic N) is 2. The predicted molar refractivity (Wildman–Crippen MR) is 75.3 cm³/mol. The molecular weight excluding hydrogens is 277 g/mol. The van der Waals surface area contributed by atoms with Crippen LogP contribution in [0, 0.1) is 11.7 Å². The average Bonchev–Trinajstić information content (AvgIpc) is 2.94. The summed E-state index contributed by atoms with van der Waals surface area (Å²) < 4.78 is 18.4.